The monoisotopic (exact) mass is 288 g/mol. The molecule has 0 aliphatic rings. The number of hydrogen-bond donors (Lipinski definition) is 1. The number of carboxylic acid groups (broad SMARTS) is 1. The van der Waals surface area contributed by atoms with Gasteiger partial charge in [-0.25, -0.2) is 4.79 Å². The second kappa shape index (κ2) is 8.50. The first kappa shape index (κ1) is 18.3. The van der Waals surface area contributed by atoms with E-state index >= 15 is 0 Å². The van der Waals surface area contributed by atoms with Crippen LogP contribution in [0.5, 0.6) is 0 Å². The second-order valence-corrected chi connectivity index (χ2v) is 10.9. The summed E-state index contributed by atoms with van der Waals surface area (Å²) in [5, 5.41) is 8.62. The minimum atomic E-state index is -1.62. The van der Waals surface area contributed by atoms with Crippen LogP contribution in [-0.2, 0) is 14.0 Å². The van der Waals surface area contributed by atoms with Gasteiger partial charge in [0.1, 0.15) is 6.61 Å². The fraction of sp³-hybridized carbons (Fsp3) is 0.786. The molecule has 112 valence electrons. The molecule has 0 spiro atoms. The van der Waals surface area contributed by atoms with E-state index in [0.29, 0.717) is 6.61 Å². The number of carbonyl (C=O) groups is 1. The Kier molecular flexibility index (Phi) is 8.21. The van der Waals surface area contributed by atoms with Crippen molar-refractivity contribution in [2.45, 2.75) is 51.7 Å². The first-order valence-corrected chi connectivity index (χ1v) is 9.66. The number of rotatable bonds is 9. The van der Waals surface area contributed by atoms with Gasteiger partial charge in [0.2, 0.25) is 0 Å². The van der Waals surface area contributed by atoms with E-state index in [2.05, 4.69) is 39.9 Å². The average Bonchev–Trinajstić information content (AvgIpc) is 2.24. The highest BCUT2D eigenvalue weighted by atomic mass is 28.4. The van der Waals surface area contributed by atoms with Crippen molar-refractivity contribution in [3.63, 3.8) is 0 Å². The normalized spacial score (nSPS) is 13.1. The molecular weight excluding hydrogens is 260 g/mol. The molecule has 0 bridgehead atoms. The van der Waals surface area contributed by atoms with Crippen LogP contribution in [0.2, 0.25) is 18.1 Å². The predicted molar refractivity (Wildman–Crippen MR) is 80.0 cm³/mol. The summed E-state index contributed by atoms with van der Waals surface area (Å²) in [6.45, 7) is 12.2. The third kappa shape index (κ3) is 8.97. The van der Waals surface area contributed by atoms with Gasteiger partial charge < -0.3 is 14.3 Å². The van der Waals surface area contributed by atoms with E-state index in [1.165, 1.54) is 0 Å². The first-order valence-electron chi connectivity index (χ1n) is 6.75. The largest absolute Gasteiger partial charge is 0.480 e. The van der Waals surface area contributed by atoms with Gasteiger partial charge in [0, 0.05) is 6.61 Å². The van der Waals surface area contributed by atoms with Crippen molar-refractivity contribution in [3.8, 4) is 0 Å². The van der Waals surface area contributed by atoms with Crippen molar-refractivity contribution in [1.82, 2.24) is 0 Å². The van der Waals surface area contributed by atoms with Gasteiger partial charge in [-0.3, -0.25) is 0 Å². The molecule has 0 rings (SSSR count). The molecule has 0 saturated carbocycles. The molecule has 0 aliphatic heterocycles. The molecule has 0 aromatic heterocycles. The molecule has 0 atom stereocenters. The van der Waals surface area contributed by atoms with Gasteiger partial charge in [0.25, 0.3) is 0 Å². The fourth-order valence-corrected chi connectivity index (χ4v) is 2.21. The van der Waals surface area contributed by atoms with Gasteiger partial charge in [0.05, 0.1) is 6.61 Å². The molecule has 5 heteroatoms. The Bertz CT molecular complexity index is 292. The molecule has 1 N–H and O–H groups in total. The van der Waals surface area contributed by atoms with Gasteiger partial charge in [-0.1, -0.05) is 32.9 Å². The summed E-state index contributed by atoms with van der Waals surface area (Å²) >= 11 is 0. The smallest absolute Gasteiger partial charge is 0.329 e. The predicted octanol–water partition coefficient (Wildman–Crippen LogP) is 3.45. The number of carboxylic acids is 1. The van der Waals surface area contributed by atoms with E-state index in [1.54, 1.807) is 0 Å². The van der Waals surface area contributed by atoms with E-state index in [1.807, 2.05) is 6.08 Å². The van der Waals surface area contributed by atoms with Crippen molar-refractivity contribution < 1.29 is 19.1 Å². The van der Waals surface area contributed by atoms with Crippen molar-refractivity contribution in [2.75, 3.05) is 19.8 Å². The lowest BCUT2D eigenvalue weighted by Crippen LogP contribution is -2.40. The Labute approximate surface area is 117 Å². The highest BCUT2D eigenvalue weighted by Crippen LogP contribution is 2.36. The molecule has 0 aromatic rings. The quantitative estimate of drug-likeness (QED) is 0.401. The van der Waals surface area contributed by atoms with Gasteiger partial charge in [-0.15, -0.1) is 0 Å². The average molecular weight is 288 g/mol. The summed E-state index contributed by atoms with van der Waals surface area (Å²) in [5.41, 5.74) is 0. The molecule has 0 radical (unpaired) electrons. The maximum absolute atomic E-state index is 10.2. The third-order valence-electron chi connectivity index (χ3n) is 3.37. The molecule has 0 fully saturated rings. The Morgan fingerprint density at radius 3 is 2.16 bits per heavy atom. The van der Waals surface area contributed by atoms with Crippen molar-refractivity contribution in [3.05, 3.63) is 12.2 Å². The van der Waals surface area contributed by atoms with E-state index in [-0.39, 0.29) is 11.6 Å². The molecule has 0 aliphatic carbocycles. The van der Waals surface area contributed by atoms with Crippen LogP contribution in [0.4, 0.5) is 0 Å². The van der Waals surface area contributed by atoms with E-state index in [9.17, 15) is 4.79 Å². The first-order chi connectivity index (χ1) is 8.67. The standard InChI is InChI=1S/C14H28O4Si/c1-14(2,3)19(4,5)18-11-9-7-6-8-10-17-12-13(15)16/h6-7H,8-12H2,1-5H3,(H,15,16)/b7-6+. The number of hydrogen-bond acceptors (Lipinski definition) is 3. The summed E-state index contributed by atoms with van der Waals surface area (Å²) in [5.74, 6) is -0.924. The zero-order valence-electron chi connectivity index (χ0n) is 12.9. The molecule has 19 heavy (non-hydrogen) atoms. The summed E-state index contributed by atoms with van der Waals surface area (Å²) in [7, 11) is -1.62. The highest BCUT2D eigenvalue weighted by Gasteiger charge is 2.36. The molecular formula is C14H28O4Si. The minimum absolute atomic E-state index is 0.220. The van der Waals surface area contributed by atoms with Crippen LogP contribution in [0.15, 0.2) is 12.2 Å². The van der Waals surface area contributed by atoms with Crippen molar-refractivity contribution in [1.29, 1.82) is 0 Å². The second-order valence-electron chi connectivity index (χ2n) is 6.10. The van der Waals surface area contributed by atoms with E-state index < -0.39 is 14.3 Å². The van der Waals surface area contributed by atoms with E-state index in [4.69, 9.17) is 14.3 Å². The highest BCUT2D eigenvalue weighted by molar-refractivity contribution is 6.74. The lowest BCUT2D eigenvalue weighted by molar-refractivity contribution is -0.142. The molecule has 0 unspecified atom stereocenters. The zero-order chi connectivity index (χ0) is 14.9. The van der Waals surface area contributed by atoms with Gasteiger partial charge in [0.15, 0.2) is 8.32 Å². The Morgan fingerprint density at radius 1 is 1.16 bits per heavy atom. The Morgan fingerprint density at radius 2 is 1.68 bits per heavy atom. The third-order valence-corrected chi connectivity index (χ3v) is 7.91. The topological polar surface area (TPSA) is 55.8 Å². The molecule has 0 saturated heterocycles. The minimum Gasteiger partial charge on any atom is -0.480 e. The van der Waals surface area contributed by atoms with Crippen LogP contribution in [0, 0.1) is 0 Å². The lowest BCUT2D eigenvalue weighted by atomic mass is 10.2. The summed E-state index contributed by atoms with van der Waals surface area (Å²) in [6.07, 6.45) is 5.72. The van der Waals surface area contributed by atoms with E-state index in [0.717, 1.165) is 19.4 Å². The fourth-order valence-electron chi connectivity index (χ4n) is 1.15. The summed E-state index contributed by atoms with van der Waals surface area (Å²) < 4.78 is 11.0. The lowest BCUT2D eigenvalue weighted by Gasteiger charge is -2.36. The Hall–Kier alpha value is -0.653. The van der Waals surface area contributed by atoms with Crippen LogP contribution >= 0.6 is 0 Å². The maximum Gasteiger partial charge on any atom is 0.329 e. The van der Waals surface area contributed by atoms with Crippen LogP contribution in [-0.4, -0.2) is 39.2 Å². The molecule has 4 nitrogen and oxygen atoms in total. The maximum atomic E-state index is 10.2. The Balaban J connectivity index is 3.62. The molecule has 0 aromatic carbocycles. The van der Waals surface area contributed by atoms with Crippen LogP contribution in [0.25, 0.3) is 0 Å². The van der Waals surface area contributed by atoms with Crippen LogP contribution < -0.4 is 0 Å². The molecule has 0 heterocycles. The van der Waals surface area contributed by atoms with Crippen molar-refractivity contribution >= 4 is 14.3 Å². The van der Waals surface area contributed by atoms with Gasteiger partial charge in [-0.05, 0) is 31.0 Å². The molecule has 0 amide bonds. The van der Waals surface area contributed by atoms with Crippen LogP contribution in [0.1, 0.15) is 33.6 Å². The van der Waals surface area contributed by atoms with Gasteiger partial charge in [-0.2, -0.15) is 0 Å². The van der Waals surface area contributed by atoms with Crippen LogP contribution in [0.3, 0.4) is 0 Å². The van der Waals surface area contributed by atoms with Crippen molar-refractivity contribution in [2.24, 2.45) is 0 Å². The summed E-state index contributed by atoms with van der Waals surface area (Å²) in [6, 6.07) is 0. The SMILES string of the molecule is CC(C)(C)[Si](C)(C)OCC/C=C/CCOCC(=O)O. The number of ether oxygens (including phenoxy) is 1. The number of aliphatic carboxylic acids is 1. The zero-order valence-corrected chi connectivity index (χ0v) is 13.9. The summed E-state index contributed by atoms with van der Waals surface area (Å²) in [4.78, 5) is 10.2. The van der Waals surface area contributed by atoms with Gasteiger partial charge >= 0.3 is 5.97 Å².